The molecule has 0 saturated carbocycles. The fraction of sp³-hybridized carbons (Fsp3) is 0.304. The highest BCUT2D eigenvalue weighted by Crippen LogP contribution is 2.25. The van der Waals surface area contributed by atoms with Gasteiger partial charge in [0.05, 0.1) is 16.9 Å². The van der Waals surface area contributed by atoms with Crippen molar-refractivity contribution in [3.63, 3.8) is 0 Å². The second-order valence-electron chi connectivity index (χ2n) is 15.8. The lowest BCUT2D eigenvalue weighted by atomic mass is 10.0. The summed E-state index contributed by atoms with van der Waals surface area (Å²) >= 11 is 6.15. The Balaban J connectivity index is 0.731. The number of nitrogens with zero attached hydrogens (tertiary/aromatic N) is 5. The predicted molar refractivity (Wildman–Crippen MR) is 243 cm³/mol. The van der Waals surface area contributed by atoms with Crippen LogP contribution in [0.5, 0.6) is 0 Å². The Hall–Kier alpha value is -6.62. The third kappa shape index (κ3) is 11.5. The number of benzene rings is 4. The molecule has 3 aliphatic heterocycles. The van der Waals surface area contributed by atoms with Crippen LogP contribution in [0.1, 0.15) is 46.4 Å². The molecule has 6 N–H and O–H groups in total. The van der Waals surface area contributed by atoms with Crippen LogP contribution >= 0.6 is 11.6 Å². The number of nitrogens with one attached hydrogen (secondary N) is 6. The molecule has 0 aliphatic carbocycles. The van der Waals surface area contributed by atoms with Gasteiger partial charge in [-0.3, -0.25) is 29.4 Å². The minimum absolute atomic E-state index is 0.0511. The first-order chi connectivity index (χ1) is 30.6. The van der Waals surface area contributed by atoms with E-state index in [0.29, 0.717) is 46.1 Å². The van der Waals surface area contributed by atoms with Gasteiger partial charge in [0.15, 0.2) is 11.6 Å². The molecule has 17 heteroatoms. The molecule has 1 unspecified atom stereocenters. The first kappa shape index (κ1) is 43.0. The summed E-state index contributed by atoms with van der Waals surface area (Å²) in [6.07, 6.45) is 3.67. The lowest BCUT2D eigenvalue weighted by molar-refractivity contribution is -0.133. The van der Waals surface area contributed by atoms with Crippen LogP contribution in [0.15, 0.2) is 103 Å². The number of imide groups is 1. The zero-order chi connectivity index (χ0) is 43.7. The fourth-order valence-electron chi connectivity index (χ4n) is 7.83. The van der Waals surface area contributed by atoms with Crippen molar-refractivity contribution >= 4 is 75.4 Å². The van der Waals surface area contributed by atoms with E-state index in [1.54, 1.807) is 72.8 Å². The van der Waals surface area contributed by atoms with Gasteiger partial charge in [0.2, 0.25) is 17.8 Å². The quantitative estimate of drug-likeness (QED) is 0.0694. The van der Waals surface area contributed by atoms with Gasteiger partial charge in [-0.2, -0.15) is 4.98 Å². The van der Waals surface area contributed by atoms with Crippen LogP contribution in [-0.4, -0.2) is 108 Å². The second-order valence-corrected chi connectivity index (χ2v) is 16.2. The van der Waals surface area contributed by atoms with Crippen LogP contribution in [0.3, 0.4) is 0 Å². The van der Waals surface area contributed by atoms with E-state index in [1.165, 1.54) is 0 Å². The molecular formula is C46H49ClFN11O4. The van der Waals surface area contributed by atoms with Gasteiger partial charge in [-0.05, 0) is 104 Å². The number of likely N-dealkylation sites (tertiary alicyclic amines) is 1. The van der Waals surface area contributed by atoms with Crippen molar-refractivity contribution in [1.82, 2.24) is 30.4 Å². The van der Waals surface area contributed by atoms with E-state index >= 15 is 0 Å². The topological polar surface area (TPSA) is 176 Å². The third-order valence-corrected chi connectivity index (χ3v) is 11.8. The first-order valence-electron chi connectivity index (χ1n) is 21.2. The monoisotopic (exact) mass is 873 g/mol. The average molecular weight is 874 g/mol. The average Bonchev–Trinajstić information content (AvgIpc) is 3.30. The minimum atomic E-state index is -0.655. The molecule has 5 aromatic rings. The molecule has 3 saturated heterocycles. The number of para-hydroxylation sites is 1. The molecule has 15 nitrogen and oxygen atoms in total. The molecule has 4 heterocycles. The molecule has 4 amide bonds. The maximum Gasteiger partial charge on any atom is 0.255 e. The van der Waals surface area contributed by atoms with Crippen molar-refractivity contribution in [2.75, 3.05) is 78.5 Å². The highest BCUT2D eigenvalue weighted by atomic mass is 35.5. The van der Waals surface area contributed by atoms with Gasteiger partial charge in [-0.15, -0.1) is 0 Å². The van der Waals surface area contributed by atoms with E-state index in [9.17, 15) is 23.6 Å². The zero-order valence-electron chi connectivity index (χ0n) is 34.6. The number of hydrogen-bond acceptors (Lipinski definition) is 12. The van der Waals surface area contributed by atoms with Gasteiger partial charge in [-0.25, -0.2) is 9.37 Å². The first-order valence-corrected chi connectivity index (χ1v) is 21.5. The molecule has 1 atom stereocenters. The number of carbonyl (C=O) groups excluding carboxylic acids is 4. The standard InChI is InChI=1S/C46H49ClFN11O4/c47-37-3-1-2-4-39(37)54-44(62)31-5-9-33(10-6-31)51-42-38(48)29-49-46(56-42)53-34-11-7-30(8-12-34)43(61)52-35-19-21-57(22-20-35)23-24-58-25-27-59(28-26-58)36-15-13-32(14-16-36)50-40-17-18-41(60)55-45(40)63/h1-16,29,35,40,50H,17-28H2,(H,52,61)(H,54,62)(H,55,60,63)(H2,49,51,53,56). The van der Waals surface area contributed by atoms with Crippen molar-refractivity contribution in [2.45, 2.75) is 37.8 Å². The maximum absolute atomic E-state index is 14.7. The summed E-state index contributed by atoms with van der Waals surface area (Å²) in [5.41, 5.74) is 4.60. The van der Waals surface area contributed by atoms with Gasteiger partial charge in [0, 0.05) is 98.7 Å². The summed E-state index contributed by atoms with van der Waals surface area (Å²) in [6.45, 7) is 7.69. The molecule has 0 spiro atoms. The Bertz CT molecular complexity index is 2410. The number of hydrogen-bond donors (Lipinski definition) is 6. The van der Waals surface area contributed by atoms with Gasteiger partial charge >= 0.3 is 0 Å². The van der Waals surface area contributed by atoms with E-state index in [0.717, 1.165) is 82.8 Å². The molecule has 3 fully saturated rings. The molecule has 3 aliphatic rings. The van der Waals surface area contributed by atoms with Crippen LogP contribution in [0.25, 0.3) is 0 Å². The van der Waals surface area contributed by atoms with Crippen molar-refractivity contribution in [3.8, 4) is 0 Å². The van der Waals surface area contributed by atoms with Crippen LogP contribution in [-0.2, 0) is 9.59 Å². The number of aromatic nitrogens is 2. The van der Waals surface area contributed by atoms with E-state index in [2.05, 4.69) is 68.7 Å². The lowest BCUT2D eigenvalue weighted by Gasteiger charge is -2.38. The Morgan fingerprint density at radius 3 is 2.02 bits per heavy atom. The molecule has 4 aromatic carbocycles. The summed E-state index contributed by atoms with van der Waals surface area (Å²) in [6, 6.07) is 28.3. The van der Waals surface area contributed by atoms with E-state index in [4.69, 9.17) is 11.6 Å². The van der Waals surface area contributed by atoms with E-state index in [-0.39, 0.29) is 41.4 Å². The van der Waals surface area contributed by atoms with Crippen molar-refractivity contribution in [3.05, 3.63) is 125 Å². The number of piperidine rings is 2. The SMILES string of the molecule is O=C1CCC(Nc2ccc(N3CCN(CCN4CCC(NC(=O)c5ccc(Nc6ncc(F)c(Nc7ccc(C(=O)Nc8ccccc8Cl)cc7)n6)cc5)CC4)CC3)cc2)C(=O)N1. The molecule has 8 rings (SSSR count). The number of carbonyl (C=O) groups is 4. The van der Waals surface area contributed by atoms with Crippen LogP contribution in [0.4, 0.5) is 44.6 Å². The molecule has 1 aromatic heterocycles. The Kier molecular flexibility index (Phi) is 13.7. The molecule has 63 heavy (non-hydrogen) atoms. The van der Waals surface area contributed by atoms with Gasteiger partial charge in [-0.1, -0.05) is 23.7 Å². The minimum Gasteiger partial charge on any atom is -0.374 e. The number of halogens is 2. The van der Waals surface area contributed by atoms with E-state index in [1.807, 2.05) is 12.1 Å². The number of amides is 4. The van der Waals surface area contributed by atoms with Crippen LogP contribution in [0.2, 0.25) is 5.02 Å². The molecular weight excluding hydrogens is 825 g/mol. The van der Waals surface area contributed by atoms with Crippen LogP contribution in [0, 0.1) is 5.82 Å². The number of piperazine rings is 1. The summed E-state index contributed by atoms with van der Waals surface area (Å²) in [5.74, 6) is -1.50. The highest BCUT2D eigenvalue weighted by molar-refractivity contribution is 6.33. The largest absolute Gasteiger partial charge is 0.374 e. The summed E-state index contributed by atoms with van der Waals surface area (Å²) in [7, 11) is 0. The number of rotatable bonds is 14. The highest BCUT2D eigenvalue weighted by Gasteiger charge is 2.27. The Morgan fingerprint density at radius 1 is 0.730 bits per heavy atom. The molecule has 326 valence electrons. The van der Waals surface area contributed by atoms with Crippen molar-refractivity contribution in [2.24, 2.45) is 0 Å². The predicted octanol–water partition coefficient (Wildman–Crippen LogP) is 6.24. The van der Waals surface area contributed by atoms with E-state index < -0.39 is 11.9 Å². The Labute approximate surface area is 369 Å². The summed E-state index contributed by atoms with van der Waals surface area (Å²) in [4.78, 5) is 65.1. The summed E-state index contributed by atoms with van der Waals surface area (Å²) < 4.78 is 14.7. The molecule has 0 radical (unpaired) electrons. The second kappa shape index (κ2) is 20.0. The van der Waals surface area contributed by atoms with Crippen molar-refractivity contribution < 1.29 is 23.6 Å². The smallest absolute Gasteiger partial charge is 0.255 e. The van der Waals surface area contributed by atoms with Crippen LogP contribution < -0.4 is 36.8 Å². The number of anilines is 7. The van der Waals surface area contributed by atoms with Crippen molar-refractivity contribution in [1.29, 1.82) is 0 Å². The van der Waals surface area contributed by atoms with Gasteiger partial charge in [0.1, 0.15) is 6.04 Å². The normalized spacial score (nSPS) is 17.4. The lowest BCUT2D eigenvalue weighted by Crippen LogP contribution is -2.50. The van der Waals surface area contributed by atoms with Gasteiger partial charge in [0.25, 0.3) is 11.8 Å². The fourth-order valence-corrected chi connectivity index (χ4v) is 8.01. The third-order valence-electron chi connectivity index (χ3n) is 11.5. The Morgan fingerprint density at radius 2 is 1.35 bits per heavy atom. The summed E-state index contributed by atoms with van der Waals surface area (Å²) in [5, 5.41) is 18.0. The maximum atomic E-state index is 14.7. The van der Waals surface area contributed by atoms with Gasteiger partial charge < -0.3 is 36.4 Å². The molecule has 0 bridgehead atoms. The zero-order valence-corrected chi connectivity index (χ0v) is 35.3.